The zero-order chi connectivity index (χ0) is 23.2. The molecule has 4 rings (SSSR count). The average molecular weight is 463 g/mol. The van der Waals surface area contributed by atoms with E-state index in [2.05, 4.69) is 15.3 Å². The molecule has 1 N–H and O–H groups in total. The maximum Gasteiger partial charge on any atom is 0.244 e. The number of nitrogens with one attached hydrogen (secondary N) is 1. The van der Waals surface area contributed by atoms with E-state index in [-0.39, 0.29) is 5.91 Å². The summed E-state index contributed by atoms with van der Waals surface area (Å²) in [4.78, 5) is 21.4. The molecule has 0 aliphatic rings. The van der Waals surface area contributed by atoms with Crippen LogP contribution in [0.3, 0.4) is 0 Å². The number of carbonyl (C=O) groups excluding carboxylic acids is 1. The topological polar surface area (TPSA) is 69.0 Å². The Hall–Kier alpha value is -3.78. The third-order valence-electron chi connectivity index (χ3n) is 4.96. The Kier molecular flexibility index (Phi) is 6.95. The quantitative estimate of drug-likeness (QED) is 0.381. The number of aromatic nitrogens is 3. The Morgan fingerprint density at radius 1 is 1.27 bits per heavy atom. The molecule has 1 amide bonds. The number of nitrogens with zero attached hydrogens (tertiary/aromatic N) is 3. The number of hydrogen-bond donors (Lipinski definition) is 1. The van der Waals surface area contributed by atoms with Gasteiger partial charge in [-0.25, -0.2) is 14.4 Å². The molecule has 0 saturated heterocycles. The third-order valence-corrected chi connectivity index (χ3v) is 5.78. The summed E-state index contributed by atoms with van der Waals surface area (Å²) in [7, 11) is 1.80. The van der Waals surface area contributed by atoms with Crippen molar-refractivity contribution in [3.8, 4) is 5.75 Å². The van der Waals surface area contributed by atoms with E-state index in [1.54, 1.807) is 59.6 Å². The van der Waals surface area contributed by atoms with Crippen LogP contribution in [0.1, 0.15) is 33.7 Å². The number of amides is 1. The van der Waals surface area contributed by atoms with Crippen LogP contribution in [0.15, 0.2) is 72.4 Å². The van der Waals surface area contributed by atoms with Crippen LogP contribution in [0.25, 0.3) is 6.08 Å². The van der Waals surface area contributed by atoms with E-state index >= 15 is 0 Å². The molecule has 2 aromatic carbocycles. The monoisotopic (exact) mass is 462 g/mol. The fourth-order valence-electron chi connectivity index (χ4n) is 3.35. The van der Waals surface area contributed by atoms with Gasteiger partial charge < -0.3 is 14.6 Å². The zero-order valence-corrected chi connectivity index (χ0v) is 19.1. The second kappa shape index (κ2) is 10.2. The number of hydrogen-bond acceptors (Lipinski definition) is 5. The van der Waals surface area contributed by atoms with E-state index in [9.17, 15) is 9.18 Å². The minimum Gasteiger partial charge on any atom is -0.487 e. The van der Waals surface area contributed by atoms with E-state index in [1.165, 1.54) is 12.1 Å². The van der Waals surface area contributed by atoms with E-state index < -0.39 is 11.9 Å². The van der Waals surface area contributed by atoms with Gasteiger partial charge in [0.2, 0.25) is 5.91 Å². The summed E-state index contributed by atoms with van der Waals surface area (Å²) in [6.07, 6.45) is 6.47. The minimum absolute atomic E-state index is 0.348. The van der Waals surface area contributed by atoms with Gasteiger partial charge in [-0.1, -0.05) is 30.3 Å². The van der Waals surface area contributed by atoms with Crippen molar-refractivity contribution in [1.82, 2.24) is 19.9 Å². The first-order valence-electron chi connectivity index (χ1n) is 10.3. The molecule has 4 aromatic rings. The Balaban J connectivity index is 1.46. The standard InChI is InChI=1S/C25H23FN4O2S/c1-17-28-19(16-33-17)15-32-20-7-5-6-18(14-20)10-11-23(31)29-24(25-27-12-13-30(25)2)21-8-3-4-9-22(21)26/h3-14,16,24H,15H2,1-2H3,(H,29,31)/b11-10+. The van der Waals surface area contributed by atoms with Gasteiger partial charge >= 0.3 is 0 Å². The summed E-state index contributed by atoms with van der Waals surface area (Å²) in [6, 6.07) is 13.1. The molecule has 33 heavy (non-hydrogen) atoms. The normalized spacial score (nSPS) is 12.1. The third kappa shape index (κ3) is 5.72. The summed E-state index contributed by atoms with van der Waals surface area (Å²) < 4.78 is 22.0. The van der Waals surface area contributed by atoms with Gasteiger partial charge in [0.15, 0.2) is 0 Å². The lowest BCUT2D eigenvalue weighted by Crippen LogP contribution is -2.30. The number of aryl methyl sites for hydroxylation is 2. The number of rotatable bonds is 8. The first-order chi connectivity index (χ1) is 16.0. The van der Waals surface area contributed by atoms with Crippen LogP contribution >= 0.6 is 11.3 Å². The molecule has 1 atom stereocenters. The van der Waals surface area contributed by atoms with Gasteiger partial charge in [0.1, 0.15) is 30.0 Å². The molecular formula is C25H23FN4O2S. The molecule has 0 aliphatic heterocycles. The van der Waals surface area contributed by atoms with Gasteiger partial charge in [-0.2, -0.15) is 0 Å². The summed E-state index contributed by atoms with van der Waals surface area (Å²) >= 11 is 1.58. The first kappa shape index (κ1) is 22.4. The highest BCUT2D eigenvalue weighted by Crippen LogP contribution is 2.23. The van der Waals surface area contributed by atoms with Crippen LogP contribution in [-0.4, -0.2) is 20.4 Å². The van der Waals surface area contributed by atoms with Crippen LogP contribution < -0.4 is 10.1 Å². The Morgan fingerprint density at radius 2 is 2.12 bits per heavy atom. The highest BCUT2D eigenvalue weighted by Gasteiger charge is 2.22. The summed E-state index contributed by atoms with van der Waals surface area (Å²) in [6.45, 7) is 2.33. The van der Waals surface area contributed by atoms with Crippen LogP contribution in [0.2, 0.25) is 0 Å². The van der Waals surface area contributed by atoms with Crippen molar-refractivity contribution >= 4 is 23.3 Å². The lowest BCUT2D eigenvalue weighted by atomic mass is 10.1. The molecule has 1 unspecified atom stereocenters. The first-order valence-corrected chi connectivity index (χ1v) is 11.2. The van der Waals surface area contributed by atoms with Crippen LogP contribution in [0.5, 0.6) is 5.75 Å². The highest BCUT2D eigenvalue weighted by atomic mass is 32.1. The van der Waals surface area contributed by atoms with Gasteiger partial charge in [0, 0.05) is 36.5 Å². The maximum atomic E-state index is 14.5. The summed E-state index contributed by atoms with van der Waals surface area (Å²) in [5, 5.41) is 5.83. The van der Waals surface area contributed by atoms with Crippen LogP contribution in [0, 0.1) is 12.7 Å². The second-order valence-electron chi connectivity index (χ2n) is 7.41. The Bertz CT molecular complexity index is 1280. The maximum absolute atomic E-state index is 14.5. The summed E-state index contributed by atoms with van der Waals surface area (Å²) in [5.74, 6) is 0.445. The molecule has 2 heterocycles. The molecule has 2 aromatic heterocycles. The minimum atomic E-state index is -0.723. The summed E-state index contributed by atoms with van der Waals surface area (Å²) in [5.41, 5.74) is 2.03. The van der Waals surface area contributed by atoms with Crippen molar-refractivity contribution in [1.29, 1.82) is 0 Å². The van der Waals surface area contributed by atoms with Gasteiger partial charge in [-0.15, -0.1) is 11.3 Å². The van der Waals surface area contributed by atoms with E-state index in [1.807, 2.05) is 36.6 Å². The number of ether oxygens (including phenoxy) is 1. The average Bonchev–Trinajstić information content (AvgIpc) is 3.43. The molecule has 0 aliphatic carbocycles. The number of benzene rings is 2. The lowest BCUT2D eigenvalue weighted by Gasteiger charge is -2.19. The van der Waals surface area contributed by atoms with Crippen molar-refractivity contribution in [2.75, 3.05) is 0 Å². The number of carbonyl (C=O) groups is 1. The highest BCUT2D eigenvalue weighted by molar-refractivity contribution is 7.09. The van der Waals surface area contributed by atoms with Gasteiger partial charge in [-0.3, -0.25) is 4.79 Å². The Labute approximate surface area is 195 Å². The molecule has 8 heteroatoms. The van der Waals surface area contributed by atoms with Crippen LogP contribution in [-0.2, 0) is 18.4 Å². The van der Waals surface area contributed by atoms with Crippen molar-refractivity contribution in [2.45, 2.75) is 19.6 Å². The number of thiazole rings is 1. The molecule has 0 spiro atoms. The van der Waals surface area contributed by atoms with Crippen LogP contribution in [0.4, 0.5) is 4.39 Å². The molecule has 0 saturated carbocycles. The predicted octanol–water partition coefficient (Wildman–Crippen LogP) is 4.82. The zero-order valence-electron chi connectivity index (χ0n) is 18.2. The number of imidazole rings is 1. The lowest BCUT2D eigenvalue weighted by molar-refractivity contribution is -0.117. The van der Waals surface area contributed by atoms with Gasteiger partial charge in [0.05, 0.1) is 10.7 Å². The second-order valence-corrected chi connectivity index (χ2v) is 8.47. The number of halogens is 1. The van der Waals surface area contributed by atoms with Gasteiger partial charge in [0.25, 0.3) is 0 Å². The molecule has 0 fully saturated rings. The molecule has 6 nitrogen and oxygen atoms in total. The molecule has 0 bridgehead atoms. The van der Waals surface area contributed by atoms with E-state index in [0.29, 0.717) is 23.7 Å². The Morgan fingerprint density at radius 3 is 2.85 bits per heavy atom. The fraction of sp³-hybridized carbons (Fsp3) is 0.160. The van der Waals surface area contributed by atoms with Crippen molar-refractivity contribution in [3.05, 3.63) is 106 Å². The molecule has 0 radical (unpaired) electrons. The van der Waals surface area contributed by atoms with Gasteiger partial charge in [-0.05, 0) is 36.8 Å². The largest absolute Gasteiger partial charge is 0.487 e. The van der Waals surface area contributed by atoms with E-state index in [0.717, 1.165) is 16.3 Å². The SMILES string of the molecule is Cc1nc(COc2cccc(/C=C/C(=O)NC(c3ccccc3F)c3nccn3C)c2)cs1. The fourth-order valence-corrected chi connectivity index (χ4v) is 3.95. The van der Waals surface area contributed by atoms with Crippen molar-refractivity contribution in [2.24, 2.45) is 7.05 Å². The molecular weight excluding hydrogens is 439 g/mol. The predicted molar refractivity (Wildman–Crippen MR) is 126 cm³/mol. The smallest absolute Gasteiger partial charge is 0.244 e. The van der Waals surface area contributed by atoms with Crippen molar-refractivity contribution < 1.29 is 13.9 Å². The van der Waals surface area contributed by atoms with E-state index in [4.69, 9.17) is 4.74 Å². The van der Waals surface area contributed by atoms with Crippen molar-refractivity contribution in [3.63, 3.8) is 0 Å². The molecule has 168 valence electrons.